The minimum atomic E-state index is -0.824. The maximum atomic E-state index is 17.3. The second-order valence-electron chi connectivity index (χ2n) is 13.8. The van der Waals surface area contributed by atoms with Crippen LogP contribution in [0.15, 0.2) is 29.3 Å². The van der Waals surface area contributed by atoms with Gasteiger partial charge in [-0.3, -0.25) is 14.7 Å². The molecule has 1 aliphatic carbocycles. The number of nitrogens with zero attached hydrogens (tertiary/aromatic N) is 6. The van der Waals surface area contributed by atoms with Gasteiger partial charge in [0, 0.05) is 36.1 Å². The summed E-state index contributed by atoms with van der Waals surface area (Å²) < 4.78 is 45.4. The first-order valence-corrected chi connectivity index (χ1v) is 18.3. The zero-order valence-electron chi connectivity index (χ0n) is 28.0. The number of piperidine rings is 1. The number of hydrogen-bond donors (Lipinski definition) is 2. The van der Waals surface area contributed by atoms with E-state index in [2.05, 4.69) is 21.3 Å². The fourth-order valence-corrected chi connectivity index (χ4v) is 9.30. The molecule has 11 nitrogen and oxygen atoms in total. The number of hydrogen-bond acceptors (Lipinski definition) is 11. The largest absolute Gasteiger partial charge is 0.459 e. The molecule has 5 aliphatic rings. The molecule has 51 heavy (non-hydrogen) atoms. The average molecular weight is 733 g/mol. The van der Waals surface area contributed by atoms with Crippen LogP contribution < -0.4 is 26.4 Å². The normalized spacial score (nSPS) is 23.6. The van der Waals surface area contributed by atoms with E-state index >= 15 is 8.78 Å². The number of carbonyl (C=O) groups excluding carboxylic acids is 1. The molecule has 3 aromatic rings. The number of fused-ring (bicyclic) bond motifs is 1. The monoisotopic (exact) mass is 732 g/mol. The third kappa shape index (κ3) is 5.52. The molecule has 3 N–H and O–H groups in total. The summed E-state index contributed by atoms with van der Waals surface area (Å²) in [4.78, 5) is 23.8. The molecule has 0 radical (unpaired) electrons. The maximum absolute atomic E-state index is 17.3. The van der Waals surface area contributed by atoms with Crippen molar-refractivity contribution in [3.63, 3.8) is 0 Å². The van der Waals surface area contributed by atoms with E-state index in [1.807, 2.05) is 29.8 Å². The number of ether oxygens (including phenoxy) is 2. The summed E-state index contributed by atoms with van der Waals surface area (Å²) >= 11 is 7.99. The third-order valence-electron chi connectivity index (χ3n) is 10.8. The molecule has 2 aromatic carbocycles. The summed E-state index contributed by atoms with van der Waals surface area (Å²) in [7, 11) is 2.05. The van der Waals surface area contributed by atoms with Crippen LogP contribution in [-0.2, 0) is 9.53 Å². The summed E-state index contributed by atoms with van der Waals surface area (Å²) in [6, 6.07) is 6.84. The van der Waals surface area contributed by atoms with Crippen LogP contribution >= 0.6 is 22.9 Å². The van der Waals surface area contributed by atoms with Crippen molar-refractivity contribution in [1.29, 1.82) is 10.5 Å². The van der Waals surface area contributed by atoms with E-state index in [0.717, 1.165) is 30.7 Å². The fourth-order valence-electron chi connectivity index (χ4n) is 8.01. The standard InChI is InChI=1S/C36H35ClF2N8O3S/c1-17(24-4-3-9-45(24)2)49-25-15-47(19-7-10-46(11-8-19)36(48)21-12-18(21)13-40)35-28-31(43-16-44-35)29(37)27(30(39)32(28)50-25)20-5-6-23(38)33-26(20)22(14-41)34(42)51-33/h5-6,15,17-19,21,24,44H,3-4,7-12,16,42H2,1-2H3/t17?,18-,21+,24-/m0/s1. The van der Waals surface area contributed by atoms with Gasteiger partial charge in [0.25, 0.3) is 0 Å². The minimum Gasteiger partial charge on any atom is -0.459 e. The van der Waals surface area contributed by atoms with Gasteiger partial charge in [0.1, 0.15) is 35.5 Å². The fraction of sp³-hybridized carbons (Fsp3) is 0.444. The number of nitriles is 2. The number of benzene rings is 2. The Kier molecular flexibility index (Phi) is 8.44. The van der Waals surface area contributed by atoms with Crippen molar-refractivity contribution in [3.8, 4) is 29.0 Å². The number of nitrogens with two attached hydrogens (primary N) is 1. The van der Waals surface area contributed by atoms with Crippen LogP contribution in [-0.4, -0.2) is 72.1 Å². The highest BCUT2D eigenvalue weighted by Gasteiger charge is 2.46. The Morgan fingerprint density at radius 3 is 2.71 bits per heavy atom. The van der Waals surface area contributed by atoms with Gasteiger partial charge in [-0.05, 0) is 64.3 Å². The van der Waals surface area contributed by atoms with Crippen LogP contribution in [0.1, 0.15) is 44.6 Å². The zero-order chi connectivity index (χ0) is 35.7. The molecule has 15 heteroatoms. The van der Waals surface area contributed by atoms with Gasteiger partial charge >= 0.3 is 5.95 Å². The Hall–Kier alpha value is -4.63. The van der Waals surface area contributed by atoms with E-state index < -0.39 is 11.6 Å². The molecule has 1 aromatic heterocycles. The molecular formula is C36H35ClF2N8O3S. The van der Waals surface area contributed by atoms with Gasteiger partial charge in [0.05, 0.1) is 50.0 Å². The van der Waals surface area contributed by atoms with Crippen molar-refractivity contribution in [1.82, 2.24) is 20.0 Å². The molecule has 4 aliphatic heterocycles. The number of likely N-dealkylation sites (N-methyl/N-ethyl adjacent to an activating group) is 1. The van der Waals surface area contributed by atoms with Gasteiger partial charge in [0.15, 0.2) is 11.6 Å². The Labute approximate surface area is 301 Å². The number of anilines is 1. The second kappa shape index (κ2) is 12.9. The second-order valence-corrected chi connectivity index (χ2v) is 15.2. The van der Waals surface area contributed by atoms with Crippen LogP contribution in [0.4, 0.5) is 13.8 Å². The lowest BCUT2D eigenvalue weighted by molar-refractivity contribution is -0.134. The Morgan fingerprint density at radius 1 is 1.24 bits per heavy atom. The number of halogens is 3. The summed E-state index contributed by atoms with van der Waals surface area (Å²) in [6.45, 7) is 4.03. The van der Waals surface area contributed by atoms with Gasteiger partial charge in [0.2, 0.25) is 5.91 Å². The summed E-state index contributed by atoms with van der Waals surface area (Å²) in [5.41, 5.74) is 6.26. The SMILES string of the molecule is CC(OC1=CN(C2CCN(C(=O)[C@@H]3C[C@H]3C#N)CC2)C2=c3c(c(F)c(-c4ccc(F)c5sc(N)c(C#N)c45)c(Cl)c3=NCN2)O1)[C@@H]1CCCN1C. The molecule has 1 amide bonds. The Balaban J connectivity index is 1.26. The first-order chi connectivity index (χ1) is 24.6. The van der Waals surface area contributed by atoms with Gasteiger partial charge in [-0.1, -0.05) is 17.7 Å². The average Bonchev–Trinajstić information content (AvgIpc) is 3.72. The van der Waals surface area contributed by atoms with Gasteiger partial charge in [-0.25, -0.2) is 8.78 Å². The quantitative estimate of drug-likeness (QED) is 0.379. The van der Waals surface area contributed by atoms with Gasteiger partial charge in [-0.2, -0.15) is 10.5 Å². The molecule has 4 atom stereocenters. The van der Waals surface area contributed by atoms with Crippen molar-refractivity contribution >= 4 is 49.8 Å². The predicted octanol–water partition coefficient (Wildman–Crippen LogP) is 4.34. The van der Waals surface area contributed by atoms with E-state index in [4.69, 9.17) is 26.8 Å². The van der Waals surface area contributed by atoms with Crippen molar-refractivity contribution in [3.05, 3.63) is 57.1 Å². The Morgan fingerprint density at radius 2 is 2.02 bits per heavy atom. The summed E-state index contributed by atoms with van der Waals surface area (Å²) in [5.74, 6) is -1.38. The molecule has 1 saturated carbocycles. The van der Waals surface area contributed by atoms with E-state index in [1.165, 1.54) is 12.1 Å². The van der Waals surface area contributed by atoms with E-state index in [-0.39, 0.29) is 96.5 Å². The lowest BCUT2D eigenvalue weighted by atomic mass is 9.96. The number of rotatable bonds is 6. The first-order valence-electron chi connectivity index (χ1n) is 17.1. The molecule has 0 bridgehead atoms. The van der Waals surface area contributed by atoms with Crippen LogP contribution in [0.3, 0.4) is 0 Å². The molecule has 264 valence electrons. The van der Waals surface area contributed by atoms with Crippen LogP contribution in [0.2, 0.25) is 5.02 Å². The lowest BCUT2D eigenvalue weighted by Crippen LogP contribution is -2.50. The van der Waals surface area contributed by atoms with E-state index in [0.29, 0.717) is 43.4 Å². The molecule has 8 rings (SSSR count). The number of likely N-dealkylation sites (tertiary alicyclic amines) is 2. The molecule has 2 saturated heterocycles. The highest BCUT2D eigenvalue weighted by Crippen LogP contribution is 2.44. The van der Waals surface area contributed by atoms with Gasteiger partial charge in [-0.15, -0.1) is 11.3 Å². The molecule has 0 spiro atoms. The maximum Gasteiger partial charge on any atom is 0.302 e. The highest BCUT2D eigenvalue weighted by molar-refractivity contribution is 7.23. The van der Waals surface area contributed by atoms with Crippen molar-refractivity contribution in [2.45, 2.75) is 57.2 Å². The highest BCUT2D eigenvalue weighted by atomic mass is 35.5. The van der Waals surface area contributed by atoms with E-state index in [1.54, 1.807) is 6.20 Å². The third-order valence-corrected chi connectivity index (χ3v) is 12.2. The van der Waals surface area contributed by atoms with E-state index in [9.17, 15) is 15.3 Å². The zero-order valence-corrected chi connectivity index (χ0v) is 29.6. The van der Waals surface area contributed by atoms with Crippen LogP contribution in [0.5, 0.6) is 5.75 Å². The smallest absolute Gasteiger partial charge is 0.302 e. The topological polar surface area (TPSA) is 143 Å². The predicted molar refractivity (Wildman–Crippen MR) is 187 cm³/mol. The van der Waals surface area contributed by atoms with Gasteiger partial charge < -0.3 is 30.3 Å². The molecule has 5 heterocycles. The lowest BCUT2D eigenvalue weighted by Gasteiger charge is -2.39. The number of nitrogen functional groups attached to an aromatic ring is 1. The van der Waals surface area contributed by atoms with Crippen LogP contribution in [0.25, 0.3) is 27.0 Å². The summed E-state index contributed by atoms with van der Waals surface area (Å²) in [5, 5.41) is 23.4. The van der Waals surface area contributed by atoms with Crippen molar-refractivity contribution in [2.24, 2.45) is 16.8 Å². The first kappa shape index (κ1) is 33.5. The molecular weight excluding hydrogens is 698 g/mol. The summed E-state index contributed by atoms with van der Waals surface area (Å²) in [6.07, 6.45) is 5.22. The van der Waals surface area contributed by atoms with Crippen LogP contribution in [0, 0.1) is 46.1 Å². The number of nitrogens with one attached hydrogen (secondary N) is 1. The minimum absolute atomic E-state index is 0.0161. The molecule has 1 unspecified atom stereocenters. The van der Waals surface area contributed by atoms with Crippen molar-refractivity contribution < 1.29 is 23.0 Å². The van der Waals surface area contributed by atoms with Crippen molar-refractivity contribution in [2.75, 3.05) is 39.1 Å². The number of amides is 1. The Bertz CT molecular complexity index is 2220. The number of carbonyl (C=O) groups is 1. The molecule has 3 fully saturated rings. The number of thiophene rings is 1.